The molecule has 21 heavy (non-hydrogen) atoms. The van der Waals surface area contributed by atoms with E-state index in [1.54, 1.807) is 23.8 Å². The molecule has 2 rings (SSSR count). The first kappa shape index (κ1) is 16.0. The first-order valence-corrected chi connectivity index (χ1v) is 7.82. The van der Waals surface area contributed by atoms with E-state index in [-0.39, 0.29) is 23.2 Å². The Morgan fingerprint density at radius 2 is 2.19 bits per heavy atom. The van der Waals surface area contributed by atoms with Crippen molar-refractivity contribution in [3.63, 3.8) is 0 Å². The number of halogens is 2. The van der Waals surface area contributed by atoms with Crippen molar-refractivity contribution in [3.8, 4) is 0 Å². The Balaban J connectivity index is 2.26. The lowest BCUT2D eigenvalue weighted by Crippen LogP contribution is -2.42. The highest BCUT2D eigenvalue weighted by Crippen LogP contribution is 2.26. The van der Waals surface area contributed by atoms with Crippen LogP contribution in [0.1, 0.15) is 16.8 Å². The van der Waals surface area contributed by atoms with Crippen molar-refractivity contribution < 1.29 is 18.3 Å². The van der Waals surface area contributed by atoms with Crippen LogP contribution in [0.4, 0.5) is 14.5 Å². The lowest BCUT2D eigenvalue weighted by molar-refractivity contribution is 0.0625. The highest BCUT2D eigenvalue weighted by Gasteiger charge is 2.29. The molecule has 2 N–H and O–H groups in total. The Morgan fingerprint density at radius 1 is 1.48 bits per heavy atom. The summed E-state index contributed by atoms with van der Waals surface area (Å²) < 4.78 is 31.5. The molecule has 1 aromatic rings. The minimum absolute atomic E-state index is 0.00176. The van der Waals surface area contributed by atoms with Gasteiger partial charge in [0.2, 0.25) is 0 Å². The number of nitrogens with two attached hydrogens (primary N) is 1. The maximum absolute atomic E-state index is 13.4. The quantitative estimate of drug-likeness (QED) is 0.846. The van der Waals surface area contributed by atoms with Crippen LogP contribution in [0, 0.1) is 11.6 Å². The zero-order valence-electron chi connectivity index (χ0n) is 11.8. The van der Waals surface area contributed by atoms with E-state index < -0.39 is 11.6 Å². The van der Waals surface area contributed by atoms with E-state index in [2.05, 4.69) is 0 Å². The molecular weight excluding hydrogens is 298 g/mol. The summed E-state index contributed by atoms with van der Waals surface area (Å²) in [5.41, 5.74) is 5.62. The Bertz CT molecular complexity index is 522. The second-order valence-corrected chi connectivity index (χ2v) is 6.01. The van der Waals surface area contributed by atoms with Gasteiger partial charge in [0.15, 0.2) is 11.6 Å². The van der Waals surface area contributed by atoms with E-state index in [0.29, 0.717) is 13.2 Å². The molecular formula is C14H18F2N2O2S. The first-order chi connectivity index (χ1) is 10.0. The topological polar surface area (TPSA) is 55.6 Å². The fraction of sp³-hybridized carbons (Fsp3) is 0.500. The van der Waals surface area contributed by atoms with Crippen molar-refractivity contribution >= 4 is 23.4 Å². The van der Waals surface area contributed by atoms with Gasteiger partial charge in [-0.3, -0.25) is 4.79 Å². The smallest absolute Gasteiger partial charge is 0.256 e. The molecule has 116 valence electrons. The van der Waals surface area contributed by atoms with Crippen molar-refractivity contribution in [2.45, 2.75) is 12.5 Å². The van der Waals surface area contributed by atoms with Gasteiger partial charge in [-0.05, 0) is 18.2 Å². The van der Waals surface area contributed by atoms with Gasteiger partial charge in [-0.15, -0.1) is 0 Å². The summed E-state index contributed by atoms with van der Waals surface area (Å²) in [5, 5.41) is 0. The van der Waals surface area contributed by atoms with Gasteiger partial charge in [0.1, 0.15) is 0 Å². The third kappa shape index (κ3) is 3.65. The summed E-state index contributed by atoms with van der Waals surface area (Å²) in [6.07, 6.45) is 0.879. The first-order valence-electron chi connectivity index (χ1n) is 6.66. The van der Waals surface area contributed by atoms with E-state index in [4.69, 9.17) is 10.5 Å². The monoisotopic (exact) mass is 316 g/mol. The van der Waals surface area contributed by atoms with E-state index in [9.17, 15) is 13.6 Å². The number of nitrogen functional groups attached to an aromatic ring is 1. The van der Waals surface area contributed by atoms with E-state index in [0.717, 1.165) is 30.1 Å². The van der Waals surface area contributed by atoms with Gasteiger partial charge in [-0.25, -0.2) is 8.78 Å². The van der Waals surface area contributed by atoms with Crippen molar-refractivity contribution in [2.24, 2.45) is 0 Å². The van der Waals surface area contributed by atoms with Gasteiger partial charge in [-0.2, -0.15) is 11.8 Å². The Labute approximate surface area is 126 Å². The predicted octanol–water partition coefficient (Wildman–Crippen LogP) is 2.14. The van der Waals surface area contributed by atoms with E-state index in [1.807, 2.05) is 0 Å². The molecule has 0 radical (unpaired) electrons. The van der Waals surface area contributed by atoms with Crippen LogP contribution < -0.4 is 5.73 Å². The lowest BCUT2D eigenvalue weighted by Gasteiger charge is -2.29. The van der Waals surface area contributed by atoms with Crippen LogP contribution in [-0.4, -0.2) is 48.6 Å². The lowest BCUT2D eigenvalue weighted by atomic mass is 10.1. The highest BCUT2D eigenvalue weighted by atomic mass is 32.2. The molecule has 1 aromatic carbocycles. The van der Waals surface area contributed by atoms with Crippen molar-refractivity contribution in [3.05, 3.63) is 29.3 Å². The molecule has 1 saturated heterocycles. The number of nitrogens with zero attached hydrogens (tertiary/aromatic N) is 1. The Kier molecular flexibility index (Phi) is 5.41. The normalized spacial score (nSPS) is 18.0. The van der Waals surface area contributed by atoms with Gasteiger partial charge in [-0.1, -0.05) is 0 Å². The number of anilines is 1. The molecule has 1 aliphatic heterocycles. The van der Waals surface area contributed by atoms with Crippen LogP contribution in [0.15, 0.2) is 12.1 Å². The molecule has 7 heteroatoms. The van der Waals surface area contributed by atoms with Gasteiger partial charge >= 0.3 is 0 Å². The molecule has 1 amide bonds. The fourth-order valence-electron chi connectivity index (χ4n) is 2.31. The average molecular weight is 316 g/mol. The SMILES string of the molecule is COCCN(C(=O)c1cc(F)c(F)cc1N)C1CCSC1. The number of amides is 1. The number of rotatable bonds is 5. The molecule has 0 aliphatic carbocycles. The second-order valence-electron chi connectivity index (χ2n) is 4.86. The number of carbonyl (C=O) groups is 1. The molecule has 0 bridgehead atoms. The number of thioether (sulfide) groups is 1. The second kappa shape index (κ2) is 7.09. The number of methoxy groups -OCH3 is 1. The average Bonchev–Trinajstić information content (AvgIpc) is 2.97. The molecule has 1 atom stereocenters. The summed E-state index contributed by atoms with van der Waals surface area (Å²) in [4.78, 5) is 14.3. The van der Waals surface area contributed by atoms with Crippen LogP contribution in [-0.2, 0) is 4.74 Å². The van der Waals surface area contributed by atoms with Gasteiger partial charge in [0.25, 0.3) is 5.91 Å². The Hall–Kier alpha value is -1.34. The Morgan fingerprint density at radius 3 is 2.81 bits per heavy atom. The molecule has 1 unspecified atom stereocenters. The third-order valence-corrected chi connectivity index (χ3v) is 4.61. The van der Waals surface area contributed by atoms with Crippen molar-refractivity contribution in [2.75, 3.05) is 37.5 Å². The van der Waals surface area contributed by atoms with Crippen molar-refractivity contribution in [1.29, 1.82) is 0 Å². The number of hydrogen-bond donors (Lipinski definition) is 1. The van der Waals surface area contributed by atoms with Crippen LogP contribution in [0.3, 0.4) is 0 Å². The highest BCUT2D eigenvalue weighted by molar-refractivity contribution is 7.99. The fourth-order valence-corrected chi connectivity index (χ4v) is 3.53. The van der Waals surface area contributed by atoms with E-state index in [1.165, 1.54) is 0 Å². The zero-order valence-corrected chi connectivity index (χ0v) is 12.6. The number of carbonyl (C=O) groups excluding carboxylic acids is 1. The summed E-state index contributed by atoms with van der Waals surface area (Å²) in [6, 6.07) is 1.79. The minimum atomic E-state index is -1.07. The summed E-state index contributed by atoms with van der Waals surface area (Å²) in [5.74, 6) is -0.687. The van der Waals surface area contributed by atoms with E-state index >= 15 is 0 Å². The summed E-state index contributed by atoms with van der Waals surface area (Å²) >= 11 is 1.77. The largest absolute Gasteiger partial charge is 0.398 e. The van der Waals surface area contributed by atoms with Crippen LogP contribution in [0.25, 0.3) is 0 Å². The molecule has 1 heterocycles. The van der Waals surface area contributed by atoms with Crippen LogP contribution in [0.5, 0.6) is 0 Å². The third-order valence-electron chi connectivity index (χ3n) is 3.47. The minimum Gasteiger partial charge on any atom is -0.398 e. The van der Waals surface area contributed by atoms with Crippen molar-refractivity contribution in [1.82, 2.24) is 4.90 Å². The molecule has 0 saturated carbocycles. The summed E-state index contributed by atoms with van der Waals surface area (Å²) in [6.45, 7) is 0.787. The van der Waals surface area contributed by atoms with Gasteiger partial charge in [0, 0.05) is 37.2 Å². The zero-order chi connectivity index (χ0) is 15.4. The summed E-state index contributed by atoms with van der Waals surface area (Å²) in [7, 11) is 1.55. The maximum Gasteiger partial charge on any atom is 0.256 e. The number of benzene rings is 1. The number of hydrogen-bond acceptors (Lipinski definition) is 4. The van der Waals surface area contributed by atoms with Gasteiger partial charge < -0.3 is 15.4 Å². The predicted molar refractivity (Wildman–Crippen MR) is 79.4 cm³/mol. The molecule has 0 spiro atoms. The molecule has 1 fully saturated rings. The standard InChI is InChI=1S/C14H18F2N2O2S/c1-20-4-3-18(9-2-5-21-8-9)14(19)10-6-11(15)12(16)7-13(10)17/h6-7,9H,2-5,8,17H2,1H3. The molecule has 0 aromatic heterocycles. The number of ether oxygens (including phenoxy) is 1. The van der Waals surface area contributed by atoms with Gasteiger partial charge in [0.05, 0.1) is 12.2 Å². The molecule has 4 nitrogen and oxygen atoms in total. The van der Waals surface area contributed by atoms with Crippen LogP contribution >= 0.6 is 11.8 Å². The van der Waals surface area contributed by atoms with Crippen LogP contribution in [0.2, 0.25) is 0 Å². The molecule has 1 aliphatic rings. The maximum atomic E-state index is 13.4.